The van der Waals surface area contributed by atoms with Crippen molar-refractivity contribution in [1.82, 2.24) is 0 Å². The molecule has 2 aromatic rings. The molecule has 0 bridgehead atoms. The van der Waals surface area contributed by atoms with E-state index in [9.17, 15) is 14.0 Å². The van der Waals surface area contributed by atoms with Crippen molar-refractivity contribution in [3.8, 4) is 11.1 Å². The molecule has 3 nitrogen and oxygen atoms in total. The average Bonchev–Trinajstić information content (AvgIpc) is 2.39. The Morgan fingerprint density at radius 1 is 1.05 bits per heavy atom. The minimum absolute atomic E-state index is 0.00429. The number of hydrogen-bond donors (Lipinski definition) is 1. The maximum Gasteiger partial charge on any atom is 0.335 e. The molecule has 0 spiro atoms. The molecule has 1 N–H and O–H groups in total. The Hall–Kier alpha value is -2.49. The van der Waals surface area contributed by atoms with Crippen LogP contribution >= 0.6 is 0 Å². The van der Waals surface area contributed by atoms with Crippen molar-refractivity contribution in [2.24, 2.45) is 0 Å². The zero-order valence-electron chi connectivity index (χ0n) is 10.2. The second kappa shape index (κ2) is 5.02. The number of carboxylic acids is 1. The van der Waals surface area contributed by atoms with E-state index < -0.39 is 11.8 Å². The van der Waals surface area contributed by atoms with Crippen molar-refractivity contribution in [2.45, 2.75) is 6.92 Å². The van der Waals surface area contributed by atoms with Crippen LogP contribution in [0, 0.1) is 5.82 Å². The molecule has 0 amide bonds. The Kier molecular flexibility index (Phi) is 3.42. The highest BCUT2D eigenvalue weighted by molar-refractivity contribution is 5.95. The van der Waals surface area contributed by atoms with Crippen molar-refractivity contribution < 1.29 is 19.1 Å². The lowest BCUT2D eigenvalue weighted by atomic mass is 9.99. The first-order valence-electron chi connectivity index (χ1n) is 5.63. The second-order valence-corrected chi connectivity index (χ2v) is 4.14. The van der Waals surface area contributed by atoms with Gasteiger partial charge in [-0.3, -0.25) is 4.79 Å². The van der Waals surface area contributed by atoms with Gasteiger partial charge in [0.1, 0.15) is 5.82 Å². The minimum Gasteiger partial charge on any atom is -0.478 e. The van der Waals surface area contributed by atoms with Crippen LogP contribution in [0.5, 0.6) is 0 Å². The highest BCUT2D eigenvalue weighted by Gasteiger charge is 2.11. The molecule has 0 fully saturated rings. The predicted octanol–water partition coefficient (Wildman–Crippen LogP) is 3.39. The monoisotopic (exact) mass is 258 g/mol. The molecule has 0 unspecified atom stereocenters. The molecule has 0 radical (unpaired) electrons. The van der Waals surface area contributed by atoms with E-state index in [1.165, 1.54) is 19.1 Å². The topological polar surface area (TPSA) is 54.4 Å². The van der Waals surface area contributed by atoms with Gasteiger partial charge in [-0.25, -0.2) is 9.18 Å². The smallest absolute Gasteiger partial charge is 0.335 e. The maximum atomic E-state index is 13.8. The minimum atomic E-state index is -1.12. The van der Waals surface area contributed by atoms with Crippen LogP contribution in [0.15, 0.2) is 42.5 Å². The van der Waals surface area contributed by atoms with E-state index in [1.54, 1.807) is 24.3 Å². The molecule has 0 heterocycles. The van der Waals surface area contributed by atoms with E-state index in [0.29, 0.717) is 11.1 Å². The summed E-state index contributed by atoms with van der Waals surface area (Å²) in [6.45, 7) is 1.42. The standard InChI is InChI=1S/C15H11FO3/c1-9(17)10-3-2-4-11(7-10)13-8-12(15(18)19)5-6-14(13)16/h2-8H,1H3,(H,18,19). The third-order valence-electron chi connectivity index (χ3n) is 2.79. The van der Waals surface area contributed by atoms with Crippen LogP contribution in [0.25, 0.3) is 11.1 Å². The fraction of sp³-hybridized carbons (Fsp3) is 0.0667. The van der Waals surface area contributed by atoms with Crippen LogP contribution in [-0.2, 0) is 0 Å². The molecule has 0 saturated carbocycles. The fourth-order valence-corrected chi connectivity index (χ4v) is 1.79. The highest BCUT2D eigenvalue weighted by Crippen LogP contribution is 2.25. The van der Waals surface area contributed by atoms with E-state index in [4.69, 9.17) is 5.11 Å². The van der Waals surface area contributed by atoms with Gasteiger partial charge in [-0.15, -0.1) is 0 Å². The van der Waals surface area contributed by atoms with Gasteiger partial charge in [-0.05, 0) is 36.8 Å². The van der Waals surface area contributed by atoms with Gasteiger partial charge in [0.05, 0.1) is 5.56 Å². The van der Waals surface area contributed by atoms with Gasteiger partial charge in [0.25, 0.3) is 0 Å². The number of hydrogen-bond acceptors (Lipinski definition) is 2. The third kappa shape index (κ3) is 2.68. The molecule has 0 aromatic heterocycles. The second-order valence-electron chi connectivity index (χ2n) is 4.14. The molecule has 96 valence electrons. The molecule has 0 aliphatic carbocycles. The first-order chi connectivity index (χ1) is 8.99. The zero-order valence-corrected chi connectivity index (χ0v) is 10.2. The SMILES string of the molecule is CC(=O)c1cccc(-c2cc(C(=O)O)ccc2F)c1. The largest absolute Gasteiger partial charge is 0.478 e. The van der Waals surface area contributed by atoms with Crippen molar-refractivity contribution in [3.63, 3.8) is 0 Å². The van der Waals surface area contributed by atoms with Crippen LogP contribution in [0.2, 0.25) is 0 Å². The van der Waals surface area contributed by atoms with E-state index in [-0.39, 0.29) is 16.9 Å². The van der Waals surface area contributed by atoms with Gasteiger partial charge in [0.2, 0.25) is 0 Å². The van der Waals surface area contributed by atoms with Gasteiger partial charge < -0.3 is 5.11 Å². The summed E-state index contributed by atoms with van der Waals surface area (Å²) in [5.74, 6) is -1.77. The number of ketones is 1. The molecule has 2 rings (SSSR count). The zero-order chi connectivity index (χ0) is 14.0. The van der Waals surface area contributed by atoms with Gasteiger partial charge in [0.15, 0.2) is 5.78 Å². The number of Topliss-reactive ketones (excluding diaryl/α,β-unsaturated/α-hetero) is 1. The Morgan fingerprint density at radius 2 is 1.79 bits per heavy atom. The summed E-state index contributed by atoms with van der Waals surface area (Å²) in [6.07, 6.45) is 0. The van der Waals surface area contributed by atoms with Crippen molar-refractivity contribution in [2.75, 3.05) is 0 Å². The van der Waals surface area contributed by atoms with Crippen molar-refractivity contribution in [1.29, 1.82) is 0 Å². The van der Waals surface area contributed by atoms with Gasteiger partial charge in [-0.2, -0.15) is 0 Å². The molecule has 2 aromatic carbocycles. The van der Waals surface area contributed by atoms with E-state index in [1.807, 2.05) is 0 Å². The molecular weight excluding hydrogens is 247 g/mol. The van der Waals surface area contributed by atoms with E-state index in [0.717, 1.165) is 6.07 Å². The van der Waals surface area contributed by atoms with Crippen LogP contribution in [-0.4, -0.2) is 16.9 Å². The quantitative estimate of drug-likeness (QED) is 0.858. The first kappa shape index (κ1) is 13.0. The summed E-state index contributed by atoms with van der Waals surface area (Å²) in [5.41, 5.74) is 1.11. The fourth-order valence-electron chi connectivity index (χ4n) is 1.79. The Bertz CT molecular complexity index is 662. The van der Waals surface area contributed by atoms with Crippen LogP contribution in [0.4, 0.5) is 4.39 Å². The molecule has 0 atom stereocenters. The molecule has 19 heavy (non-hydrogen) atoms. The van der Waals surface area contributed by atoms with Crippen LogP contribution in [0.1, 0.15) is 27.6 Å². The summed E-state index contributed by atoms with van der Waals surface area (Å²) in [6, 6.07) is 10.0. The molecular formula is C15H11FO3. The lowest BCUT2D eigenvalue weighted by molar-refractivity contribution is 0.0696. The molecule has 4 heteroatoms. The number of halogens is 1. The lowest BCUT2D eigenvalue weighted by Gasteiger charge is -2.06. The van der Waals surface area contributed by atoms with Gasteiger partial charge in [0, 0.05) is 11.1 Å². The normalized spacial score (nSPS) is 10.2. The Morgan fingerprint density at radius 3 is 2.42 bits per heavy atom. The average molecular weight is 258 g/mol. The number of benzene rings is 2. The van der Waals surface area contributed by atoms with E-state index in [2.05, 4.69) is 0 Å². The summed E-state index contributed by atoms with van der Waals surface area (Å²) in [7, 11) is 0. The Balaban J connectivity index is 2.57. The Labute approximate surface area is 109 Å². The number of aromatic carboxylic acids is 1. The first-order valence-corrected chi connectivity index (χ1v) is 5.63. The highest BCUT2D eigenvalue weighted by atomic mass is 19.1. The van der Waals surface area contributed by atoms with Crippen molar-refractivity contribution >= 4 is 11.8 Å². The number of carboxylic acid groups (broad SMARTS) is 1. The summed E-state index contributed by atoms with van der Waals surface area (Å²) in [5, 5.41) is 8.91. The van der Waals surface area contributed by atoms with Gasteiger partial charge >= 0.3 is 5.97 Å². The maximum absolute atomic E-state index is 13.8. The van der Waals surface area contributed by atoms with Crippen LogP contribution < -0.4 is 0 Å². The number of carbonyl (C=O) groups is 2. The summed E-state index contributed by atoms with van der Waals surface area (Å²) in [4.78, 5) is 22.2. The van der Waals surface area contributed by atoms with Crippen LogP contribution in [0.3, 0.4) is 0 Å². The number of rotatable bonds is 3. The van der Waals surface area contributed by atoms with Gasteiger partial charge in [-0.1, -0.05) is 18.2 Å². The third-order valence-corrected chi connectivity index (χ3v) is 2.79. The predicted molar refractivity (Wildman–Crippen MR) is 68.8 cm³/mol. The molecule has 0 aliphatic rings. The summed E-state index contributed by atoms with van der Waals surface area (Å²) >= 11 is 0. The summed E-state index contributed by atoms with van der Waals surface area (Å²) < 4.78 is 13.8. The molecule has 0 saturated heterocycles. The van der Waals surface area contributed by atoms with E-state index >= 15 is 0 Å². The number of carbonyl (C=O) groups excluding carboxylic acids is 1. The van der Waals surface area contributed by atoms with Crippen molar-refractivity contribution in [3.05, 3.63) is 59.4 Å². The molecule has 0 aliphatic heterocycles. The lowest BCUT2D eigenvalue weighted by Crippen LogP contribution is -1.98.